The average molecular weight is 306 g/mol. The number of fused-ring (bicyclic) bond motifs is 2. The van der Waals surface area contributed by atoms with Crippen LogP contribution >= 0.6 is 0 Å². The summed E-state index contributed by atoms with van der Waals surface area (Å²) in [6, 6.07) is 9.54. The summed E-state index contributed by atoms with van der Waals surface area (Å²) in [6.07, 6.45) is 3.20. The zero-order valence-electron chi connectivity index (χ0n) is 12.9. The Kier molecular flexibility index (Phi) is 4.21. The highest BCUT2D eigenvalue weighted by Gasteiger charge is 2.53. The third kappa shape index (κ3) is 2.76. The monoisotopic (exact) mass is 306 g/mol. The minimum atomic E-state index is -0.629. The van der Waals surface area contributed by atoms with Crippen LogP contribution in [0.5, 0.6) is 0 Å². The number of rotatable bonds is 4. The summed E-state index contributed by atoms with van der Waals surface area (Å²) >= 11 is 0. The maximum absolute atomic E-state index is 12.4. The zero-order valence-corrected chi connectivity index (χ0v) is 12.9. The van der Waals surface area contributed by atoms with Crippen molar-refractivity contribution in [1.82, 2.24) is 0 Å². The first-order valence-electron chi connectivity index (χ1n) is 7.97. The summed E-state index contributed by atoms with van der Waals surface area (Å²) in [5.74, 6) is -0.997. The fourth-order valence-corrected chi connectivity index (χ4v) is 3.92. The number of quaternary nitrogens is 1. The fraction of sp³-hybridized carbons (Fsp3) is 0.588. The van der Waals surface area contributed by atoms with Crippen molar-refractivity contribution < 1.29 is 24.5 Å². The number of benzene rings is 1. The Labute approximate surface area is 130 Å². The van der Waals surface area contributed by atoms with E-state index in [0.29, 0.717) is 12.8 Å². The third-order valence-corrected chi connectivity index (χ3v) is 5.33. The molecule has 2 aliphatic heterocycles. The van der Waals surface area contributed by atoms with Gasteiger partial charge in [0, 0.05) is 25.7 Å². The summed E-state index contributed by atoms with van der Waals surface area (Å²) in [4.78, 5) is 12.4. The minimum absolute atomic E-state index is 0.0656. The molecule has 1 aromatic carbocycles. The number of esters is 1. The van der Waals surface area contributed by atoms with Crippen LogP contribution in [0, 0.1) is 0 Å². The lowest BCUT2D eigenvalue weighted by Gasteiger charge is -2.40. The van der Waals surface area contributed by atoms with E-state index in [9.17, 15) is 15.1 Å². The molecule has 2 fully saturated rings. The molecule has 1 aromatic rings. The summed E-state index contributed by atoms with van der Waals surface area (Å²) < 4.78 is 5.72. The normalized spacial score (nSPS) is 35.1. The van der Waals surface area contributed by atoms with Crippen LogP contribution in [-0.4, -0.2) is 52.8 Å². The van der Waals surface area contributed by atoms with Gasteiger partial charge < -0.3 is 9.84 Å². The molecule has 5 nitrogen and oxygen atoms in total. The first kappa shape index (κ1) is 15.5. The number of hydrogen-bond donors (Lipinski definition) is 2. The van der Waals surface area contributed by atoms with Crippen molar-refractivity contribution in [3.63, 3.8) is 0 Å². The predicted molar refractivity (Wildman–Crippen MR) is 80.2 cm³/mol. The van der Waals surface area contributed by atoms with Gasteiger partial charge in [-0.25, -0.2) is 5.21 Å². The molecule has 2 N–H and O–H groups in total. The molecule has 0 saturated carbocycles. The molecular weight excluding hydrogens is 282 g/mol. The molecule has 120 valence electrons. The van der Waals surface area contributed by atoms with Crippen molar-refractivity contribution in [2.24, 2.45) is 0 Å². The van der Waals surface area contributed by atoms with Crippen LogP contribution in [0.1, 0.15) is 37.2 Å². The van der Waals surface area contributed by atoms with E-state index in [-0.39, 0.29) is 35.4 Å². The highest BCUT2D eigenvalue weighted by atomic mass is 16.6. The molecule has 5 heteroatoms. The maximum atomic E-state index is 12.4. The van der Waals surface area contributed by atoms with E-state index in [0.717, 1.165) is 18.4 Å². The van der Waals surface area contributed by atoms with Crippen molar-refractivity contribution in [1.29, 1.82) is 0 Å². The van der Waals surface area contributed by atoms with Crippen LogP contribution in [0.15, 0.2) is 30.3 Å². The molecule has 0 amide bonds. The van der Waals surface area contributed by atoms with Gasteiger partial charge in [-0.2, -0.15) is 4.65 Å². The molecule has 3 rings (SSSR count). The number of hydroxylamine groups is 3. The lowest BCUT2D eigenvalue weighted by molar-refractivity contribution is -1.12. The van der Waals surface area contributed by atoms with Gasteiger partial charge in [0.05, 0.1) is 13.7 Å². The van der Waals surface area contributed by atoms with Crippen molar-refractivity contribution in [2.45, 2.75) is 49.8 Å². The molecule has 3 unspecified atom stereocenters. The molecular formula is C17H24NO4+. The van der Waals surface area contributed by atoms with Gasteiger partial charge in [0.15, 0.2) is 0 Å². The number of aliphatic hydroxyl groups excluding tert-OH is 1. The Morgan fingerprint density at radius 1 is 1.27 bits per heavy atom. The van der Waals surface area contributed by atoms with Crippen LogP contribution in [0.3, 0.4) is 0 Å². The Hall–Kier alpha value is -1.43. The standard InChI is InChI=1S/C17H24NO4/c1-18(21)13-7-8-14(18)10-15(9-13)22-17(20)16(11-19)12-5-3-2-4-6-12/h2-6,13-16,19,21H,7-11H2,1H3/q+1. The van der Waals surface area contributed by atoms with E-state index < -0.39 is 5.92 Å². The van der Waals surface area contributed by atoms with E-state index in [4.69, 9.17) is 4.74 Å². The third-order valence-electron chi connectivity index (χ3n) is 5.33. The average Bonchev–Trinajstić information content (AvgIpc) is 2.68. The number of piperidine rings is 1. The van der Waals surface area contributed by atoms with Gasteiger partial charge in [-0.05, 0) is 5.56 Å². The summed E-state index contributed by atoms with van der Waals surface area (Å²) in [5, 5.41) is 20.0. The molecule has 2 saturated heterocycles. The number of aliphatic hydroxyl groups is 1. The first-order valence-corrected chi connectivity index (χ1v) is 7.97. The van der Waals surface area contributed by atoms with Crippen molar-refractivity contribution >= 4 is 5.97 Å². The van der Waals surface area contributed by atoms with Gasteiger partial charge in [-0.15, -0.1) is 0 Å². The summed E-state index contributed by atoms with van der Waals surface area (Å²) in [7, 11) is 1.85. The smallest absolute Gasteiger partial charge is 0.316 e. The highest BCUT2D eigenvalue weighted by molar-refractivity contribution is 5.78. The Balaban J connectivity index is 1.65. The van der Waals surface area contributed by atoms with Crippen LogP contribution in [-0.2, 0) is 9.53 Å². The van der Waals surface area contributed by atoms with Crippen molar-refractivity contribution in [2.75, 3.05) is 13.7 Å². The van der Waals surface area contributed by atoms with E-state index in [1.807, 2.05) is 37.4 Å². The van der Waals surface area contributed by atoms with Crippen molar-refractivity contribution in [3.8, 4) is 0 Å². The maximum Gasteiger partial charge on any atom is 0.316 e. The minimum Gasteiger partial charge on any atom is -0.461 e. The van der Waals surface area contributed by atoms with E-state index in [1.54, 1.807) is 0 Å². The van der Waals surface area contributed by atoms with Gasteiger partial charge in [-0.1, -0.05) is 30.3 Å². The SMILES string of the molecule is C[N+]1(O)C2CCC1CC(OC(=O)C(CO)c1ccccc1)C2. The molecule has 0 aliphatic carbocycles. The van der Waals surface area contributed by atoms with Crippen molar-refractivity contribution in [3.05, 3.63) is 35.9 Å². The van der Waals surface area contributed by atoms with Gasteiger partial charge in [0.25, 0.3) is 0 Å². The molecule has 3 atom stereocenters. The number of hydrogen-bond acceptors (Lipinski definition) is 4. The van der Waals surface area contributed by atoms with Gasteiger partial charge in [0.2, 0.25) is 0 Å². The quantitative estimate of drug-likeness (QED) is 0.658. The lowest BCUT2D eigenvalue weighted by Crippen LogP contribution is -2.56. The molecule has 2 heterocycles. The molecule has 2 bridgehead atoms. The second-order valence-corrected chi connectivity index (χ2v) is 6.66. The van der Waals surface area contributed by atoms with Crippen LogP contribution in [0.4, 0.5) is 0 Å². The highest BCUT2D eigenvalue weighted by Crippen LogP contribution is 2.40. The molecule has 0 spiro atoms. The number of ether oxygens (including phenoxy) is 1. The Bertz CT molecular complexity index is 515. The Morgan fingerprint density at radius 2 is 1.86 bits per heavy atom. The van der Waals surface area contributed by atoms with E-state index in [2.05, 4.69) is 0 Å². The molecule has 0 aromatic heterocycles. The van der Waals surface area contributed by atoms with Gasteiger partial charge in [-0.3, -0.25) is 4.79 Å². The van der Waals surface area contributed by atoms with Crippen LogP contribution in [0.25, 0.3) is 0 Å². The van der Waals surface area contributed by atoms with E-state index in [1.165, 1.54) is 0 Å². The van der Waals surface area contributed by atoms with Gasteiger partial charge in [0.1, 0.15) is 24.1 Å². The van der Waals surface area contributed by atoms with Crippen LogP contribution in [0.2, 0.25) is 0 Å². The molecule has 2 aliphatic rings. The second-order valence-electron chi connectivity index (χ2n) is 6.66. The summed E-state index contributed by atoms with van der Waals surface area (Å²) in [6.45, 7) is -0.254. The largest absolute Gasteiger partial charge is 0.461 e. The lowest BCUT2D eigenvalue weighted by atomic mass is 9.98. The number of carbonyl (C=O) groups excluding carboxylic acids is 1. The number of nitrogens with zero attached hydrogens (tertiary/aromatic N) is 1. The first-order chi connectivity index (χ1) is 10.5. The van der Waals surface area contributed by atoms with Gasteiger partial charge >= 0.3 is 5.97 Å². The molecule has 22 heavy (non-hydrogen) atoms. The fourth-order valence-electron chi connectivity index (χ4n) is 3.92. The molecule has 0 radical (unpaired) electrons. The second kappa shape index (κ2) is 5.99. The van der Waals surface area contributed by atoms with E-state index >= 15 is 0 Å². The Morgan fingerprint density at radius 3 is 2.41 bits per heavy atom. The van der Waals surface area contributed by atoms with Crippen LogP contribution < -0.4 is 0 Å². The predicted octanol–water partition coefficient (Wildman–Crippen LogP) is 1.83. The number of carbonyl (C=O) groups is 1. The zero-order chi connectivity index (χ0) is 15.7. The summed E-state index contributed by atoms with van der Waals surface area (Å²) in [5.41, 5.74) is 0.775. The topological polar surface area (TPSA) is 66.8 Å².